The second kappa shape index (κ2) is 5.45. The van der Waals surface area contributed by atoms with Crippen LogP contribution in [0.25, 0.3) is 10.4 Å². The molecule has 0 aromatic rings. The van der Waals surface area contributed by atoms with Crippen LogP contribution in [0.1, 0.15) is 13.8 Å². The molecule has 8 heteroatoms. The smallest absolute Gasteiger partial charge is 0.392 e. The first-order valence-electron chi connectivity index (χ1n) is 4.12. The van der Waals surface area contributed by atoms with Gasteiger partial charge in [-0.25, -0.2) is 0 Å². The van der Waals surface area contributed by atoms with Gasteiger partial charge in [-0.2, -0.15) is 13.2 Å². The normalized spacial score (nSPS) is 15.0. The van der Waals surface area contributed by atoms with Gasteiger partial charge in [0, 0.05) is 4.91 Å². The predicted octanol–water partition coefficient (Wildman–Crippen LogP) is 2.43. The Balaban J connectivity index is 4.81. The van der Waals surface area contributed by atoms with Crippen LogP contribution in [-0.4, -0.2) is 24.8 Å². The summed E-state index contributed by atoms with van der Waals surface area (Å²) < 4.78 is 41.1. The number of hydrogen-bond donors (Lipinski definition) is 0. The molecule has 0 fully saturated rings. The zero-order valence-electron chi connectivity index (χ0n) is 8.15. The van der Waals surface area contributed by atoms with Crippen LogP contribution in [0.15, 0.2) is 5.11 Å². The minimum absolute atomic E-state index is 0.0686. The minimum atomic E-state index is -4.61. The summed E-state index contributed by atoms with van der Waals surface area (Å²) in [6, 6.07) is -1.87. The maximum Gasteiger partial charge on any atom is 0.392 e. The van der Waals surface area contributed by atoms with Gasteiger partial charge in [-0.15, -0.1) is 0 Å². The third kappa shape index (κ3) is 4.07. The van der Waals surface area contributed by atoms with Gasteiger partial charge in [-0.05, 0) is 12.5 Å². The highest BCUT2D eigenvalue weighted by molar-refractivity contribution is 5.76. The summed E-state index contributed by atoms with van der Waals surface area (Å²) in [5.74, 6) is -3.23. The summed E-state index contributed by atoms with van der Waals surface area (Å²) >= 11 is 0. The number of esters is 1. The largest absolute Gasteiger partial charge is 0.466 e. The van der Waals surface area contributed by atoms with Gasteiger partial charge in [0.15, 0.2) is 0 Å². The number of ether oxygens (including phenoxy) is 1. The Bertz CT molecular complexity index is 273. The van der Waals surface area contributed by atoms with E-state index in [-0.39, 0.29) is 6.61 Å². The molecule has 0 saturated heterocycles. The van der Waals surface area contributed by atoms with Gasteiger partial charge in [-0.1, -0.05) is 12.0 Å². The fraction of sp³-hybridized carbons (Fsp3) is 0.857. The van der Waals surface area contributed by atoms with Crippen LogP contribution in [0.5, 0.6) is 0 Å². The highest BCUT2D eigenvalue weighted by Gasteiger charge is 2.44. The van der Waals surface area contributed by atoms with Crippen molar-refractivity contribution in [3.8, 4) is 0 Å². The van der Waals surface area contributed by atoms with E-state index in [0.29, 0.717) is 0 Å². The number of carbonyl (C=O) groups excluding carboxylic acids is 1. The summed E-state index contributed by atoms with van der Waals surface area (Å²) in [5, 5.41) is 2.80. The molecule has 0 aliphatic heterocycles. The van der Waals surface area contributed by atoms with Gasteiger partial charge >= 0.3 is 12.1 Å². The third-order valence-corrected chi connectivity index (χ3v) is 1.69. The molecule has 0 spiro atoms. The second-order valence-electron chi connectivity index (χ2n) is 2.73. The molecule has 0 saturated carbocycles. The molecule has 0 rings (SSSR count). The van der Waals surface area contributed by atoms with Crippen LogP contribution >= 0.6 is 0 Å². The summed E-state index contributed by atoms with van der Waals surface area (Å²) in [6.45, 7) is 2.14. The SMILES string of the molecule is CCOC(=O)C(N=[N+]=[N-])[C@@H](C)C(F)(F)F. The molecular formula is C7H10F3N3O2. The average Bonchev–Trinajstić information content (AvgIpc) is 2.12. The number of hydrogen-bond acceptors (Lipinski definition) is 3. The molecule has 15 heavy (non-hydrogen) atoms. The summed E-state index contributed by atoms with van der Waals surface area (Å²) in [7, 11) is 0. The van der Waals surface area contributed by atoms with E-state index in [1.54, 1.807) is 0 Å². The first-order chi connectivity index (χ1) is 6.84. The van der Waals surface area contributed by atoms with Crippen molar-refractivity contribution in [2.24, 2.45) is 11.0 Å². The molecule has 0 amide bonds. The topological polar surface area (TPSA) is 75.1 Å². The maximum absolute atomic E-state index is 12.2. The monoisotopic (exact) mass is 225 g/mol. The Morgan fingerprint density at radius 3 is 2.47 bits per heavy atom. The lowest BCUT2D eigenvalue weighted by molar-refractivity contribution is -0.184. The standard InChI is InChI=1S/C7H10F3N3O2/c1-3-15-6(14)5(12-13-11)4(2)7(8,9)10/h4-5H,3H2,1-2H3/t4-,5?/m1/s1. The lowest BCUT2D eigenvalue weighted by Gasteiger charge is -2.20. The van der Waals surface area contributed by atoms with Crippen molar-refractivity contribution in [2.75, 3.05) is 6.61 Å². The highest BCUT2D eigenvalue weighted by Crippen LogP contribution is 2.30. The first kappa shape index (κ1) is 13.6. The van der Waals surface area contributed by atoms with Crippen LogP contribution in [0.4, 0.5) is 13.2 Å². The van der Waals surface area contributed by atoms with Crippen LogP contribution < -0.4 is 0 Å². The molecule has 86 valence electrons. The van der Waals surface area contributed by atoms with E-state index in [1.807, 2.05) is 0 Å². The van der Waals surface area contributed by atoms with E-state index in [0.717, 1.165) is 6.92 Å². The lowest BCUT2D eigenvalue weighted by atomic mass is 10.0. The first-order valence-corrected chi connectivity index (χ1v) is 4.12. The number of carbonyl (C=O) groups is 1. The van der Waals surface area contributed by atoms with Crippen molar-refractivity contribution >= 4 is 5.97 Å². The summed E-state index contributed by atoms with van der Waals surface area (Å²) in [4.78, 5) is 13.2. The molecule has 1 unspecified atom stereocenters. The Hall–Kier alpha value is -1.43. The number of halogens is 3. The van der Waals surface area contributed by atoms with Crippen molar-refractivity contribution in [2.45, 2.75) is 26.1 Å². The minimum Gasteiger partial charge on any atom is -0.466 e. The quantitative estimate of drug-likeness (QED) is 0.319. The van der Waals surface area contributed by atoms with E-state index >= 15 is 0 Å². The molecular weight excluding hydrogens is 215 g/mol. The Labute approximate surface area is 83.8 Å². The molecule has 0 aliphatic rings. The second-order valence-corrected chi connectivity index (χ2v) is 2.73. The van der Waals surface area contributed by atoms with E-state index in [2.05, 4.69) is 14.8 Å². The van der Waals surface area contributed by atoms with E-state index in [4.69, 9.17) is 5.53 Å². The van der Waals surface area contributed by atoms with Crippen LogP contribution in [0, 0.1) is 5.92 Å². The van der Waals surface area contributed by atoms with Gasteiger partial charge in [0.2, 0.25) is 0 Å². The fourth-order valence-electron chi connectivity index (χ4n) is 0.814. The maximum atomic E-state index is 12.2. The molecule has 2 atom stereocenters. The van der Waals surface area contributed by atoms with Gasteiger partial charge in [0.25, 0.3) is 0 Å². The Morgan fingerprint density at radius 2 is 2.13 bits per heavy atom. The molecule has 0 aliphatic carbocycles. The van der Waals surface area contributed by atoms with Crippen molar-refractivity contribution in [1.82, 2.24) is 0 Å². The zero-order valence-corrected chi connectivity index (χ0v) is 8.15. The van der Waals surface area contributed by atoms with Gasteiger partial charge in [0.1, 0.15) is 6.04 Å². The number of rotatable bonds is 4. The molecule has 5 nitrogen and oxygen atoms in total. The van der Waals surface area contributed by atoms with Crippen molar-refractivity contribution in [1.29, 1.82) is 0 Å². The Kier molecular flexibility index (Phi) is 4.93. The average molecular weight is 225 g/mol. The zero-order chi connectivity index (χ0) is 12.1. The van der Waals surface area contributed by atoms with Crippen LogP contribution in [0.3, 0.4) is 0 Å². The summed E-state index contributed by atoms with van der Waals surface area (Å²) in [5.41, 5.74) is 8.05. The molecule has 0 heterocycles. The lowest BCUT2D eigenvalue weighted by Crippen LogP contribution is -2.36. The van der Waals surface area contributed by atoms with Gasteiger partial charge < -0.3 is 4.74 Å². The van der Waals surface area contributed by atoms with Crippen LogP contribution in [-0.2, 0) is 9.53 Å². The van der Waals surface area contributed by atoms with E-state index < -0.39 is 24.1 Å². The molecule has 0 aromatic carbocycles. The highest BCUT2D eigenvalue weighted by atomic mass is 19.4. The van der Waals surface area contributed by atoms with E-state index in [1.165, 1.54) is 6.92 Å². The van der Waals surface area contributed by atoms with E-state index in [9.17, 15) is 18.0 Å². The van der Waals surface area contributed by atoms with Crippen molar-refractivity contribution in [3.63, 3.8) is 0 Å². The molecule has 0 N–H and O–H groups in total. The van der Waals surface area contributed by atoms with Gasteiger partial charge in [-0.3, -0.25) is 4.79 Å². The Morgan fingerprint density at radius 1 is 1.60 bits per heavy atom. The number of azide groups is 1. The predicted molar refractivity (Wildman–Crippen MR) is 44.8 cm³/mol. The molecule has 0 bridgehead atoms. The number of nitrogens with zero attached hydrogens (tertiary/aromatic N) is 3. The number of alkyl halides is 3. The summed E-state index contributed by atoms with van der Waals surface area (Å²) in [6.07, 6.45) is -4.61. The van der Waals surface area contributed by atoms with Crippen molar-refractivity contribution in [3.05, 3.63) is 10.4 Å². The molecule has 0 radical (unpaired) electrons. The van der Waals surface area contributed by atoms with Crippen molar-refractivity contribution < 1.29 is 22.7 Å². The molecule has 0 aromatic heterocycles. The third-order valence-electron chi connectivity index (χ3n) is 1.69. The fourth-order valence-corrected chi connectivity index (χ4v) is 0.814. The van der Waals surface area contributed by atoms with Gasteiger partial charge in [0.05, 0.1) is 12.5 Å². The van der Waals surface area contributed by atoms with Crippen LogP contribution in [0.2, 0.25) is 0 Å².